The number of ether oxygens (including phenoxy) is 2. The highest BCUT2D eigenvalue weighted by Gasteiger charge is 2.18. The van der Waals surface area contributed by atoms with E-state index in [1.807, 2.05) is 49.4 Å². The van der Waals surface area contributed by atoms with Gasteiger partial charge in [-0.25, -0.2) is 0 Å². The first kappa shape index (κ1) is 25.1. The molecular weight excluding hydrogens is 434 g/mol. The molecule has 34 heavy (non-hydrogen) atoms. The van der Waals surface area contributed by atoms with Gasteiger partial charge in [0.2, 0.25) is 11.8 Å². The number of amides is 3. The van der Waals surface area contributed by atoms with Crippen molar-refractivity contribution in [1.29, 1.82) is 0 Å². The number of likely N-dealkylation sites (N-methyl/N-ethyl adjacent to an activating group) is 1. The van der Waals surface area contributed by atoms with Gasteiger partial charge in [0.05, 0.1) is 12.6 Å². The van der Waals surface area contributed by atoms with Gasteiger partial charge in [-0.1, -0.05) is 25.1 Å². The summed E-state index contributed by atoms with van der Waals surface area (Å²) < 4.78 is 11.5. The van der Waals surface area contributed by atoms with Crippen LogP contribution in [0.1, 0.15) is 49.8 Å². The first-order valence-electron chi connectivity index (χ1n) is 11.6. The second kappa shape index (κ2) is 12.1. The van der Waals surface area contributed by atoms with E-state index in [1.165, 1.54) is 4.90 Å². The number of para-hydroxylation sites is 1. The van der Waals surface area contributed by atoms with Gasteiger partial charge in [0.15, 0.2) is 6.61 Å². The average molecular weight is 468 g/mol. The van der Waals surface area contributed by atoms with Gasteiger partial charge in [0, 0.05) is 38.2 Å². The average Bonchev–Trinajstić information content (AvgIpc) is 2.83. The maximum atomic E-state index is 12.6. The van der Waals surface area contributed by atoms with Crippen molar-refractivity contribution < 1.29 is 23.9 Å². The smallest absolute Gasteiger partial charge is 0.259 e. The van der Waals surface area contributed by atoms with Crippen molar-refractivity contribution >= 4 is 23.4 Å². The summed E-state index contributed by atoms with van der Waals surface area (Å²) in [5.41, 5.74) is 2.75. The summed E-state index contributed by atoms with van der Waals surface area (Å²) in [4.78, 5) is 37.4. The Bertz CT molecular complexity index is 1020. The van der Waals surface area contributed by atoms with Crippen molar-refractivity contribution in [2.75, 3.05) is 32.6 Å². The number of benzene rings is 2. The summed E-state index contributed by atoms with van der Waals surface area (Å²) in [6.45, 7) is 2.36. The predicted molar refractivity (Wildman–Crippen MR) is 130 cm³/mol. The molecule has 1 atom stereocenters. The zero-order valence-electron chi connectivity index (χ0n) is 20.1. The van der Waals surface area contributed by atoms with E-state index in [2.05, 4.69) is 10.6 Å². The van der Waals surface area contributed by atoms with Crippen LogP contribution in [0.3, 0.4) is 0 Å². The number of anilines is 1. The van der Waals surface area contributed by atoms with E-state index in [0.29, 0.717) is 44.5 Å². The van der Waals surface area contributed by atoms with E-state index in [-0.39, 0.29) is 30.4 Å². The van der Waals surface area contributed by atoms with E-state index in [1.54, 1.807) is 14.1 Å². The van der Waals surface area contributed by atoms with Crippen LogP contribution in [0.25, 0.3) is 0 Å². The van der Waals surface area contributed by atoms with Gasteiger partial charge in [0.1, 0.15) is 11.5 Å². The van der Waals surface area contributed by atoms with Gasteiger partial charge >= 0.3 is 0 Å². The van der Waals surface area contributed by atoms with Crippen molar-refractivity contribution in [3.05, 3.63) is 53.6 Å². The highest BCUT2D eigenvalue weighted by molar-refractivity contribution is 5.94. The Morgan fingerprint density at radius 1 is 1.12 bits per heavy atom. The Labute approximate surface area is 200 Å². The minimum Gasteiger partial charge on any atom is -0.494 e. The molecular formula is C26H33N3O5. The molecule has 0 aliphatic carbocycles. The van der Waals surface area contributed by atoms with Gasteiger partial charge in [-0.05, 0) is 49.1 Å². The van der Waals surface area contributed by atoms with Crippen LogP contribution in [0.4, 0.5) is 5.69 Å². The molecule has 1 heterocycles. The maximum Gasteiger partial charge on any atom is 0.259 e. The lowest BCUT2D eigenvalue weighted by Gasteiger charge is -2.21. The molecule has 3 rings (SSSR count). The molecule has 182 valence electrons. The number of carbonyl (C=O) groups excluding carboxylic acids is 3. The number of hydrogen-bond donors (Lipinski definition) is 2. The predicted octanol–water partition coefficient (Wildman–Crippen LogP) is 3.46. The normalized spacial score (nSPS) is 13.3. The fourth-order valence-electron chi connectivity index (χ4n) is 3.71. The van der Waals surface area contributed by atoms with Crippen molar-refractivity contribution in [3.63, 3.8) is 0 Å². The first-order valence-corrected chi connectivity index (χ1v) is 11.6. The van der Waals surface area contributed by atoms with Crippen LogP contribution < -0.4 is 20.1 Å². The second-order valence-electron chi connectivity index (χ2n) is 8.46. The van der Waals surface area contributed by atoms with Gasteiger partial charge < -0.3 is 25.0 Å². The Morgan fingerprint density at radius 2 is 1.91 bits per heavy atom. The van der Waals surface area contributed by atoms with Crippen molar-refractivity contribution in [1.82, 2.24) is 10.2 Å². The summed E-state index contributed by atoms with van der Waals surface area (Å²) in [5, 5.41) is 5.92. The van der Waals surface area contributed by atoms with Crippen LogP contribution in [0.2, 0.25) is 0 Å². The third-order valence-corrected chi connectivity index (χ3v) is 5.68. The number of hydrogen-bond acceptors (Lipinski definition) is 5. The summed E-state index contributed by atoms with van der Waals surface area (Å²) in [6.07, 6.45) is 2.78. The van der Waals surface area contributed by atoms with Crippen LogP contribution in [-0.2, 0) is 20.8 Å². The Hall–Kier alpha value is -3.55. The molecule has 2 aromatic rings. The van der Waals surface area contributed by atoms with Gasteiger partial charge in [-0.3, -0.25) is 14.4 Å². The monoisotopic (exact) mass is 467 g/mol. The summed E-state index contributed by atoms with van der Waals surface area (Å²) in [5.74, 6) is 1.17. The minimum atomic E-state index is -0.213. The summed E-state index contributed by atoms with van der Waals surface area (Å²) in [6, 6.07) is 12.9. The van der Waals surface area contributed by atoms with Crippen molar-refractivity contribution in [2.45, 2.75) is 45.1 Å². The molecule has 1 aliphatic rings. The molecule has 0 spiro atoms. The van der Waals surface area contributed by atoms with Crippen LogP contribution in [0, 0.1) is 0 Å². The van der Waals surface area contributed by atoms with Crippen LogP contribution in [0.5, 0.6) is 11.5 Å². The zero-order valence-corrected chi connectivity index (χ0v) is 20.1. The third kappa shape index (κ3) is 6.97. The minimum absolute atomic E-state index is 0.0359. The lowest BCUT2D eigenvalue weighted by molar-refractivity contribution is -0.130. The van der Waals surface area contributed by atoms with Crippen LogP contribution in [-0.4, -0.2) is 49.9 Å². The molecule has 2 aromatic carbocycles. The van der Waals surface area contributed by atoms with Crippen molar-refractivity contribution in [2.24, 2.45) is 0 Å². The second-order valence-corrected chi connectivity index (χ2v) is 8.46. The number of aryl methyl sites for hydroxylation is 1. The van der Waals surface area contributed by atoms with E-state index < -0.39 is 0 Å². The lowest BCUT2D eigenvalue weighted by Crippen LogP contribution is -2.30. The molecule has 0 saturated heterocycles. The number of nitrogens with one attached hydrogen (secondary N) is 2. The fourth-order valence-corrected chi connectivity index (χ4v) is 3.71. The maximum absolute atomic E-state index is 12.6. The summed E-state index contributed by atoms with van der Waals surface area (Å²) >= 11 is 0. The molecule has 8 heteroatoms. The molecule has 1 unspecified atom stereocenters. The molecule has 1 aliphatic heterocycles. The lowest BCUT2D eigenvalue weighted by atomic mass is 10.0. The Morgan fingerprint density at radius 3 is 2.68 bits per heavy atom. The van der Waals surface area contributed by atoms with E-state index in [9.17, 15) is 14.4 Å². The largest absolute Gasteiger partial charge is 0.494 e. The standard InChI is InChI=1S/C26H33N3O5/c1-4-21(20-8-5-6-9-23(20)34-17-26(32)29(2)3)27-24(30)10-7-15-33-19-12-13-22-18(16-19)11-14-25(31)28-22/h5-6,8-9,12-13,16,21H,4,7,10-11,14-15,17H2,1-3H3,(H,27,30)(H,28,31). The van der Waals surface area contributed by atoms with Crippen LogP contribution in [0.15, 0.2) is 42.5 Å². The molecule has 0 bridgehead atoms. The molecule has 2 N–H and O–H groups in total. The zero-order chi connectivity index (χ0) is 24.5. The fraction of sp³-hybridized carbons (Fsp3) is 0.423. The van der Waals surface area contributed by atoms with E-state index in [4.69, 9.17) is 9.47 Å². The topological polar surface area (TPSA) is 97.0 Å². The van der Waals surface area contributed by atoms with Gasteiger partial charge in [-0.2, -0.15) is 0 Å². The Kier molecular flexibility index (Phi) is 8.90. The number of rotatable bonds is 11. The molecule has 0 fully saturated rings. The first-order chi connectivity index (χ1) is 16.4. The molecule has 0 saturated carbocycles. The van der Waals surface area contributed by atoms with E-state index >= 15 is 0 Å². The Balaban J connectivity index is 1.48. The molecule has 0 aromatic heterocycles. The molecule has 8 nitrogen and oxygen atoms in total. The molecule has 0 radical (unpaired) electrons. The summed E-state index contributed by atoms with van der Waals surface area (Å²) in [7, 11) is 3.36. The number of nitrogens with zero attached hydrogens (tertiary/aromatic N) is 1. The highest BCUT2D eigenvalue weighted by Crippen LogP contribution is 2.28. The van der Waals surface area contributed by atoms with E-state index in [0.717, 1.165) is 22.6 Å². The van der Waals surface area contributed by atoms with Crippen LogP contribution >= 0.6 is 0 Å². The van der Waals surface area contributed by atoms with Crippen molar-refractivity contribution in [3.8, 4) is 11.5 Å². The highest BCUT2D eigenvalue weighted by atomic mass is 16.5. The molecule has 3 amide bonds. The number of fused-ring (bicyclic) bond motifs is 1. The quantitative estimate of drug-likeness (QED) is 0.494. The third-order valence-electron chi connectivity index (χ3n) is 5.68. The van der Waals surface area contributed by atoms with Gasteiger partial charge in [-0.15, -0.1) is 0 Å². The van der Waals surface area contributed by atoms with Gasteiger partial charge in [0.25, 0.3) is 5.91 Å². The SMILES string of the molecule is CCC(NC(=O)CCCOc1ccc2c(c1)CCC(=O)N2)c1ccccc1OCC(=O)N(C)C. The number of carbonyl (C=O) groups is 3.